The van der Waals surface area contributed by atoms with Gasteiger partial charge in [-0.2, -0.15) is 0 Å². The van der Waals surface area contributed by atoms with Crippen molar-refractivity contribution in [3.8, 4) is 11.5 Å². The molecule has 0 aliphatic carbocycles. The van der Waals surface area contributed by atoms with Gasteiger partial charge in [-0.05, 0) is 66.7 Å². The summed E-state index contributed by atoms with van der Waals surface area (Å²) in [6, 6.07) is 17.6. The molecule has 32 heavy (non-hydrogen) atoms. The minimum atomic E-state index is -1.29. The zero-order chi connectivity index (χ0) is 23.1. The number of hydrogen-bond donors (Lipinski definition) is 4. The van der Waals surface area contributed by atoms with E-state index in [1.54, 1.807) is 55.6 Å². The molecule has 3 aromatic carbocycles. The first-order valence-electron chi connectivity index (χ1n) is 9.40. The lowest BCUT2D eigenvalue weighted by Gasteiger charge is -2.08. The van der Waals surface area contributed by atoms with Gasteiger partial charge >= 0.3 is 5.97 Å². The highest BCUT2D eigenvalue weighted by Crippen LogP contribution is 2.23. The molecule has 0 spiro atoms. The lowest BCUT2D eigenvalue weighted by Crippen LogP contribution is -2.14. The summed E-state index contributed by atoms with van der Waals surface area (Å²) in [6.45, 7) is 0. The number of benzene rings is 3. The number of thioether (sulfide) groups is 1. The predicted molar refractivity (Wildman–Crippen MR) is 122 cm³/mol. The van der Waals surface area contributed by atoms with E-state index >= 15 is 0 Å². The van der Waals surface area contributed by atoms with Gasteiger partial charge in [0.2, 0.25) is 5.91 Å². The van der Waals surface area contributed by atoms with E-state index in [1.165, 1.54) is 30.0 Å². The van der Waals surface area contributed by atoms with Crippen molar-refractivity contribution in [1.29, 1.82) is 0 Å². The van der Waals surface area contributed by atoms with Gasteiger partial charge in [-0.15, -0.1) is 11.8 Å². The molecule has 0 atom stereocenters. The molecule has 0 aliphatic heterocycles. The van der Waals surface area contributed by atoms with Crippen molar-refractivity contribution in [1.82, 2.24) is 0 Å². The van der Waals surface area contributed by atoms with E-state index in [-0.39, 0.29) is 34.6 Å². The highest BCUT2D eigenvalue weighted by molar-refractivity contribution is 8.00. The molecule has 0 unspecified atom stereocenters. The average Bonchev–Trinajstić information content (AvgIpc) is 2.79. The summed E-state index contributed by atoms with van der Waals surface area (Å²) in [5.41, 5.74) is 1.11. The molecule has 0 aromatic heterocycles. The van der Waals surface area contributed by atoms with Gasteiger partial charge in [0.15, 0.2) is 0 Å². The topological polar surface area (TPSA) is 125 Å². The van der Waals surface area contributed by atoms with Crippen LogP contribution in [0.25, 0.3) is 0 Å². The second-order valence-corrected chi connectivity index (χ2v) is 7.63. The average molecular weight is 452 g/mol. The quantitative estimate of drug-likeness (QED) is 0.300. The summed E-state index contributed by atoms with van der Waals surface area (Å²) in [6.07, 6.45) is 0. The Morgan fingerprint density at radius 3 is 2.19 bits per heavy atom. The molecule has 8 nitrogen and oxygen atoms in total. The molecule has 3 rings (SSSR count). The van der Waals surface area contributed by atoms with Crippen LogP contribution in [0.1, 0.15) is 20.7 Å². The van der Waals surface area contributed by atoms with Gasteiger partial charge < -0.3 is 25.6 Å². The monoisotopic (exact) mass is 452 g/mol. The van der Waals surface area contributed by atoms with E-state index in [2.05, 4.69) is 10.6 Å². The van der Waals surface area contributed by atoms with Crippen LogP contribution in [0.4, 0.5) is 11.4 Å². The Kier molecular flexibility index (Phi) is 7.35. The fraction of sp³-hybridized carbons (Fsp3) is 0.0870. The first-order valence-corrected chi connectivity index (χ1v) is 10.4. The zero-order valence-corrected chi connectivity index (χ0v) is 17.8. The summed E-state index contributed by atoms with van der Waals surface area (Å²) in [5, 5.41) is 24.0. The number of ether oxygens (including phenoxy) is 1. The molecular weight excluding hydrogens is 432 g/mol. The number of methoxy groups -OCH3 is 1. The standard InChI is InChI=1S/C23H20N2O6S/c1-31-17-7-2-14(3-8-17)22(28)25-15-4-9-18(10-5-15)32-13-21(27)24-16-6-11-20(26)19(12-16)23(29)30/h2-12,26H,13H2,1H3,(H,24,27)(H,25,28)(H,29,30). The number of aromatic hydroxyl groups is 1. The third-order valence-electron chi connectivity index (χ3n) is 4.35. The van der Waals surface area contributed by atoms with E-state index in [1.807, 2.05) is 0 Å². The maximum Gasteiger partial charge on any atom is 0.339 e. The van der Waals surface area contributed by atoms with Crippen molar-refractivity contribution < 1.29 is 29.3 Å². The molecule has 0 saturated heterocycles. The van der Waals surface area contributed by atoms with E-state index in [0.29, 0.717) is 17.0 Å². The molecule has 164 valence electrons. The lowest BCUT2D eigenvalue weighted by molar-refractivity contribution is -0.113. The van der Waals surface area contributed by atoms with Crippen molar-refractivity contribution in [2.75, 3.05) is 23.5 Å². The van der Waals surface area contributed by atoms with Gasteiger partial charge in [-0.3, -0.25) is 9.59 Å². The van der Waals surface area contributed by atoms with Crippen molar-refractivity contribution in [2.45, 2.75) is 4.90 Å². The number of nitrogens with one attached hydrogen (secondary N) is 2. The number of phenols is 1. The van der Waals surface area contributed by atoms with E-state index in [0.717, 1.165) is 4.90 Å². The number of aromatic carboxylic acids is 1. The predicted octanol–water partition coefficient (Wildman–Crippen LogP) is 4.08. The summed E-state index contributed by atoms with van der Waals surface area (Å²) in [5.74, 6) is -1.47. The van der Waals surface area contributed by atoms with Crippen LogP contribution in [0.5, 0.6) is 11.5 Å². The first-order chi connectivity index (χ1) is 15.4. The molecule has 0 saturated carbocycles. The molecule has 0 fully saturated rings. The van der Waals surface area contributed by atoms with Crippen LogP contribution >= 0.6 is 11.8 Å². The number of carboxylic acid groups (broad SMARTS) is 1. The van der Waals surface area contributed by atoms with Gasteiger partial charge in [0.25, 0.3) is 5.91 Å². The number of amides is 2. The van der Waals surface area contributed by atoms with Crippen LogP contribution in [-0.4, -0.2) is 40.9 Å². The summed E-state index contributed by atoms with van der Waals surface area (Å²) in [7, 11) is 1.56. The lowest BCUT2D eigenvalue weighted by atomic mass is 10.2. The number of rotatable bonds is 8. The molecule has 0 radical (unpaired) electrons. The van der Waals surface area contributed by atoms with Crippen molar-refractivity contribution in [3.63, 3.8) is 0 Å². The van der Waals surface area contributed by atoms with Gasteiger partial charge in [-0.25, -0.2) is 4.79 Å². The number of anilines is 2. The number of carbonyl (C=O) groups is 3. The summed E-state index contributed by atoms with van der Waals surface area (Å²) < 4.78 is 5.08. The maximum atomic E-state index is 12.3. The second kappa shape index (κ2) is 10.4. The van der Waals surface area contributed by atoms with Crippen LogP contribution < -0.4 is 15.4 Å². The van der Waals surface area contributed by atoms with E-state index < -0.39 is 5.97 Å². The Bertz CT molecular complexity index is 1130. The van der Waals surface area contributed by atoms with E-state index in [9.17, 15) is 19.5 Å². The van der Waals surface area contributed by atoms with Gasteiger partial charge in [0, 0.05) is 21.8 Å². The first kappa shape index (κ1) is 22.7. The molecule has 9 heteroatoms. The van der Waals surface area contributed by atoms with Gasteiger partial charge in [0.1, 0.15) is 17.1 Å². The van der Waals surface area contributed by atoms with E-state index in [4.69, 9.17) is 9.84 Å². The van der Waals surface area contributed by atoms with Crippen LogP contribution in [0.3, 0.4) is 0 Å². The fourth-order valence-corrected chi connectivity index (χ4v) is 3.41. The molecule has 0 heterocycles. The molecule has 2 amide bonds. The zero-order valence-electron chi connectivity index (χ0n) is 17.0. The molecular formula is C23H20N2O6S. The van der Waals surface area contributed by atoms with Crippen LogP contribution in [0.15, 0.2) is 71.6 Å². The van der Waals surface area contributed by atoms with Gasteiger partial charge in [-0.1, -0.05) is 0 Å². The second-order valence-electron chi connectivity index (χ2n) is 6.58. The Hall–Kier alpha value is -3.98. The van der Waals surface area contributed by atoms with Crippen LogP contribution in [-0.2, 0) is 4.79 Å². The van der Waals surface area contributed by atoms with Gasteiger partial charge in [0.05, 0.1) is 12.9 Å². The summed E-state index contributed by atoms with van der Waals surface area (Å²) in [4.78, 5) is 36.4. The highest BCUT2D eigenvalue weighted by atomic mass is 32.2. The number of carboxylic acids is 1. The SMILES string of the molecule is COc1ccc(C(=O)Nc2ccc(SCC(=O)Nc3ccc(O)c(C(=O)O)c3)cc2)cc1. The molecule has 0 bridgehead atoms. The Morgan fingerprint density at radius 2 is 1.56 bits per heavy atom. The largest absolute Gasteiger partial charge is 0.507 e. The van der Waals surface area contributed by atoms with Crippen molar-refractivity contribution >= 4 is 40.9 Å². The summed E-state index contributed by atoms with van der Waals surface area (Å²) >= 11 is 1.29. The third-order valence-corrected chi connectivity index (χ3v) is 5.36. The van der Waals surface area contributed by atoms with Crippen LogP contribution in [0, 0.1) is 0 Å². The number of carbonyl (C=O) groups excluding carboxylic acids is 2. The molecule has 0 aliphatic rings. The molecule has 4 N–H and O–H groups in total. The molecule has 3 aromatic rings. The minimum absolute atomic E-state index is 0.0981. The van der Waals surface area contributed by atoms with Crippen LogP contribution in [0.2, 0.25) is 0 Å². The van der Waals surface area contributed by atoms with Crippen molar-refractivity contribution in [3.05, 3.63) is 77.9 Å². The Morgan fingerprint density at radius 1 is 0.906 bits per heavy atom. The third kappa shape index (κ3) is 6.02. The van der Waals surface area contributed by atoms with Crippen molar-refractivity contribution in [2.24, 2.45) is 0 Å². The number of hydrogen-bond acceptors (Lipinski definition) is 6. The maximum absolute atomic E-state index is 12.3. The Labute approximate surface area is 188 Å². The minimum Gasteiger partial charge on any atom is -0.507 e. The fourth-order valence-electron chi connectivity index (χ4n) is 2.71. The Balaban J connectivity index is 1.52. The normalized spacial score (nSPS) is 10.3. The highest BCUT2D eigenvalue weighted by Gasteiger charge is 2.12. The smallest absolute Gasteiger partial charge is 0.339 e.